The summed E-state index contributed by atoms with van der Waals surface area (Å²) in [6.45, 7) is 8.30. The molecule has 0 aliphatic rings. The molecule has 30 heavy (non-hydrogen) atoms. The Balaban J connectivity index is 1.94. The maximum Gasteiger partial charge on any atom is 0.158 e. The number of aryl methyl sites for hydroxylation is 2. The molecule has 0 saturated heterocycles. The number of nitrogens with zero attached hydrogens (tertiary/aromatic N) is 5. The molecule has 0 spiro atoms. The molecule has 1 unspecified atom stereocenters. The van der Waals surface area contributed by atoms with Gasteiger partial charge in [-0.2, -0.15) is 10.4 Å². The number of aromatic nitrogens is 4. The molecule has 3 rings (SSSR count). The first-order valence-corrected chi connectivity index (χ1v) is 10.3. The average molecular weight is 444 g/mol. The number of pyridine rings is 2. The van der Waals surface area contributed by atoms with Crippen LogP contribution in [0.4, 0.5) is 5.69 Å². The Morgan fingerprint density at radius 1 is 1.17 bits per heavy atom. The first-order valence-electron chi connectivity index (χ1n) is 9.50. The van der Waals surface area contributed by atoms with Crippen LogP contribution in [-0.4, -0.2) is 19.7 Å². The van der Waals surface area contributed by atoms with E-state index in [2.05, 4.69) is 40.6 Å². The van der Waals surface area contributed by atoms with Crippen molar-refractivity contribution in [3.05, 3.63) is 57.4 Å². The Morgan fingerprint density at radius 3 is 2.43 bits per heavy atom. The summed E-state index contributed by atoms with van der Waals surface area (Å²) in [6.07, 6.45) is 1.38. The lowest BCUT2D eigenvalue weighted by Gasteiger charge is -2.20. The van der Waals surface area contributed by atoms with Gasteiger partial charge in [-0.05, 0) is 43.5 Å². The van der Waals surface area contributed by atoms with Gasteiger partial charge in [-0.1, -0.05) is 37.0 Å². The van der Waals surface area contributed by atoms with E-state index >= 15 is 0 Å². The van der Waals surface area contributed by atoms with E-state index in [0.29, 0.717) is 17.4 Å². The van der Waals surface area contributed by atoms with Gasteiger partial charge in [0.2, 0.25) is 0 Å². The number of nitriles is 1. The highest BCUT2D eigenvalue weighted by atomic mass is 35.5. The molecule has 9 heteroatoms. The van der Waals surface area contributed by atoms with Gasteiger partial charge in [-0.3, -0.25) is 4.68 Å². The van der Waals surface area contributed by atoms with Crippen LogP contribution in [-0.2, 0) is 7.05 Å². The van der Waals surface area contributed by atoms with Crippen molar-refractivity contribution in [3.63, 3.8) is 0 Å². The van der Waals surface area contributed by atoms with Crippen molar-refractivity contribution < 1.29 is 0 Å². The topological polar surface area (TPSA) is 91.5 Å². The van der Waals surface area contributed by atoms with E-state index in [1.807, 2.05) is 27.0 Å². The first-order chi connectivity index (χ1) is 14.2. The van der Waals surface area contributed by atoms with E-state index in [-0.39, 0.29) is 16.3 Å². The normalized spacial score (nSPS) is 12.8. The van der Waals surface area contributed by atoms with Gasteiger partial charge in [0.05, 0.1) is 29.6 Å². The van der Waals surface area contributed by atoms with Gasteiger partial charge >= 0.3 is 0 Å². The van der Waals surface area contributed by atoms with Crippen molar-refractivity contribution in [3.8, 4) is 6.07 Å². The van der Waals surface area contributed by atoms with Crippen molar-refractivity contribution in [1.82, 2.24) is 25.1 Å². The van der Waals surface area contributed by atoms with Crippen molar-refractivity contribution >= 4 is 39.9 Å². The monoisotopic (exact) mass is 443 g/mol. The van der Waals surface area contributed by atoms with Crippen LogP contribution in [0.5, 0.6) is 0 Å². The summed E-state index contributed by atoms with van der Waals surface area (Å²) in [6, 6.07) is 7.22. The molecule has 1 atom stereocenters. The minimum Gasteiger partial charge on any atom is -0.363 e. The van der Waals surface area contributed by atoms with Gasteiger partial charge < -0.3 is 10.6 Å². The van der Waals surface area contributed by atoms with Gasteiger partial charge in [0.15, 0.2) is 5.65 Å². The number of halogens is 2. The second-order valence-corrected chi connectivity index (χ2v) is 8.15. The fraction of sp³-hybridized carbons (Fsp3) is 0.333. The molecule has 3 aromatic rings. The molecule has 0 aromatic carbocycles. The van der Waals surface area contributed by atoms with Crippen molar-refractivity contribution in [2.45, 2.75) is 39.7 Å². The van der Waals surface area contributed by atoms with Crippen LogP contribution in [0.25, 0.3) is 11.0 Å². The van der Waals surface area contributed by atoms with Crippen molar-refractivity contribution in [1.29, 1.82) is 5.26 Å². The Bertz CT molecular complexity index is 1140. The molecule has 0 fully saturated rings. The zero-order chi connectivity index (χ0) is 22.0. The molecule has 0 aliphatic heterocycles. The maximum atomic E-state index is 9.21. The van der Waals surface area contributed by atoms with E-state index in [9.17, 15) is 5.26 Å². The number of hydrogen-bond acceptors (Lipinski definition) is 6. The Hall–Kier alpha value is -2.82. The molecule has 156 valence electrons. The van der Waals surface area contributed by atoms with Crippen LogP contribution in [0, 0.1) is 18.3 Å². The van der Waals surface area contributed by atoms with Crippen LogP contribution >= 0.6 is 23.2 Å². The number of hydrogen-bond donors (Lipinski definition) is 2. The third kappa shape index (κ3) is 4.66. The van der Waals surface area contributed by atoms with Gasteiger partial charge in [0, 0.05) is 18.1 Å². The van der Waals surface area contributed by atoms with Gasteiger partial charge in [-0.15, -0.1) is 0 Å². The minimum atomic E-state index is -0.179. The van der Waals surface area contributed by atoms with Gasteiger partial charge in [-0.25, -0.2) is 9.97 Å². The lowest BCUT2D eigenvalue weighted by molar-refractivity contribution is 0.635. The van der Waals surface area contributed by atoms with E-state index in [0.717, 1.165) is 22.4 Å². The molecular formula is C21H23Cl2N7. The average Bonchev–Trinajstić information content (AvgIpc) is 2.94. The predicted octanol–water partition coefficient (Wildman–Crippen LogP) is 5.23. The standard InChI is InChI=1S/C21H23Cl2N7/c1-11(2)15-10-16(27-21-20(15)13(4)29-30(21)5)12(3)25-19(6-7-24)26-14-8-17(22)28-18(23)9-14/h6,8-12,25H,1-5H3,(H,26,28)/b19-6+. The molecule has 0 amide bonds. The lowest BCUT2D eigenvalue weighted by Crippen LogP contribution is -2.24. The third-order valence-electron chi connectivity index (χ3n) is 4.71. The number of fused-ring (bicyclic) bond motifs is 1. The van der Waals surface area contributed by atoms with Crippen LogP contribution < -0.4 is 10.6 Å². The third-order valence-corrected chi connectivity index (χ3v) is 5.09. The van der Waals surface area contributed by atoms with E-state index < -0.39 is 0 Å². The molecule has 0 aliphatic carbocycles. The molecular weight excluding hydrogens is 421 g/mol. The second-order valence-electron chi connectivity index (χ2n) is 7.38. The molecule has 0 saturated carbocycles. The summed E-state index contributed by atoms with van der Waals surface area (Å²) < 4.78 is 1.80. The predicted molar refractivity (Wildman–Crippen MR) is 120 cm³/mol. The zero-order valence-corrected chi connectivity index (χ0v) is 19.0. The summed E-state index contributed by atoms with van der Waals surface area (Å²) in [5, 5.41) is 21.8. The molecule has 7 nitrogen and oxygen atoms in total. The maximum absolute atomic E-state index is 9.21. The van der Waals surface area contributed by atoms with Gasteiger partial charge in [0.25, 0.3) is 0 Å². The summed E-state index contributed by atoms with van der Waals surface area (Å²) in [4.78, 5) is 8.76. The number of rotatable bonds is 6. The molecule has 3 aromatic heterocycles. The van der Waals surface area contributed by atoms with Crippen molar-refractivity contribution in [2.24, 2.45) is 7.05 Å². The van der Waals surface area contributed by atoms with Crippen LogP contribution in [0.2, 0.25) is 10.3 Å². The van der Waals surface area contributed by atoms with Crippen LogP contribution in [0.15, 0.2) is 30.1 Å². The van der Waals surface area contributed by atoms with E-state index in [1.54, 1.807) is 16.8 Å². The molecule has 3 heterocycles. The first kappa shape index (κ1) is 21.9. The number of nitrogens with one attached hydrogen (secondary N) is 2. The highest BCUT2D eigenvalue weighted by Gasteiger charge is 2.18. The highest BCUT2D eigenvalue weighted by molar-refractivity contribution is 6.32. The molecule has 0 bridgehead atoms. The Labute approximate surface area is 185 Å². The fourth-order valence-electron chi connectivity index (χ4n) is 3.35. The minimum absolute atomic E-state index is 0.179. The fourth-order valence-corrected chi connectivity index (χ4v) is 3.81. The summed E-state index contributed by atoms with van der Waals surface area (Å²) in [5.41, 5.74) is 4.48. The molecule has 0 radical (unpaired) electrons. The second kappa shape index (κ2) is 8.90. The molecule has 2 N–H and O–H groups in total. The SMILES string of the molecule is Cc1nn(C)c2nc(C(C)N/C(=C\C#N)Nc3cc(Cl)nc(Cl)c3)cc(C(C)C)c12. The summed E-state index contributed by atoms with van der Waals surface area (Å²) >= 11 is 11.9. The van der Waals surface area contributed by atoms with E-state index in [1.165, 1.54) is 11.6 Å². The van der Waals surface area contributed by atoms with Crippen LogP contribution in [0.1, 0.15) is 49.7 Å². The van der Waals surface area contributed by atoms with Crippen molar-refractivity contribution in [2.75, 3.05) is 5.32 Å². The van der Waals surface area contributed by atoms with Crippen LogP contribution in [0.3, 0.4) is 0 Å². The lowest BCUT2D eigenvalue weighted by atomic mass is 9.97. The van der Waals surface area contributed by atoms with E-state index in [4.69, 9.17) is 28.2 Å². The highest BCUT2D eigenvalue weighted by Crippen LogP contribution is 2.29. The van der Waals surface area contributed by atoms with Gasteiger partial charge in [0.1, 0.15) is 16.1 Å². The number of anilines is 1. The zero-order valence-electron chi connectivity index (χ0n) is 17.5. The largest absolute Gasteiger partial charge is 0.363 e. The Kier molecular flexibility index (Phi) is 6.49. The smallest absolute Gasteiger partial charge is 0.158 e. The summed E-state index contributed by atoms with van der Waals surface area (Å²) in [7, 11) is 1.90. The Morgan fingerprint density at radius 2 is 1.83 bits per heavy atom. The summed E-state index contributed by atoms with van der Waals surface area (Å²) in [5.74, 6) is 0.815. The quantitative estimate of drug-likeness (QED) is 0.400. The number of allylic oxidation sites excluding steroid dienone is 1.